The first-order valence-electron chi connectivity index (χ1n) is 7.10. The van der Waals surface area contributed by atoms with Crippen LogP contribution in [0.1, 0.15) is 19.3 Å². The van der Waals surface area contributed by atoms with Gasteiger partial charge in [0.15, 0.2) is 0 Å². The second kappa shape index (κ2) is 5.81. The van der Waals surface area contributed by atoms with E-state index in [-0.39, 0.29) is 21.9 Å². The van der Waals surface area contributed by atoms with Gasteiger partial charge in [0.05, 0.1) is 5.02 Å². The first-order valence-corrected chi connectivity index (χ1v) is 9.71. The van der Waals surface area contributed by atoms with E-state index < -0.39 is 10.0 Å². The lowest BCUT2D eigenvalue weighted by molar-refractivity contribution is 0.260. The molecule has 0 radical (unpaired) electrons. The van der Waals surface area contributed by atoms with Crippen molar-refractivity contribution in [2.75, 3.05) is 13.1 Å². The van der Waals surface area contributed by atoms with Gasteiger partial charge in [0, 0.05) is 23.6 Å². The van der Waals surface area contributed by atoms with Crippen molar-refractivity contribution in [2.24, 2.45) is 17.6 Å². The smallest absolute Gasteiger partial charge is 0.244 e. The van der Waals surface area contributed by atoms with Gasteiger partial charge in [0.25, 0.3) is 0 Å². The van der Waals surface area contributed by atoms with E-state index in [0.29, 0.717) is 19.0 Å². The van der Waals surface area contributed by atoms with Crippen molar-refractivity contribution < 1.29 is 8.42 Å². The number of nitrogens with zero attached hydrogens (tertiary/aromatic N) is 1. The van der Waals surface area contributed by atoms with Crippen molar-refractivity contribution >= 4 is 37.6 Å². The molecule has 3 unspecified atom stereocenters. The highest BCUT2D eigenvalue weighted by atomic mass is 79.9. The highest BCUT2D eigenvalue weighted by molar-refractivity contribution is 9.10. The van der Waals surface area contributed by atoms with Gasteiger partial charge in [-0.2, -0.15) is 4.31 Å². The topological polar surface area (TPSA) is 63.4 Å². The highest BCUT2D eigenvalue weighted by Gasteiger charge is 2.43. The van der Waals surface area contributed by atoms with Crippen molar-refractivity contribution in [3.63, 3.8) is 0 Å². The van der Waals surface area contributed by atoms with Crippen molar-refractivity contribution in [3.05, 3.63) is 27.7 Å². The fraction of sp³-hybridized carbons (Fsp3) is 0.571. The molecule has 116 valence electrons. The summed E-state index contributed by atoms with van der Waals surface area (Å²) in [6.07, 6.45) is 3.15. The van der Waals surface area contributed by atoms with Crippen LogP contribution in [-0.4, -0.2) is 31.9 Å². The molecule has 7 heteroatoms. The number of rotatable bonds is 2. The predicted octanol–water partition coefficient (Wildman–Crippen LogP) is 2.85. The molecule has 1 saturated carbocycles. The molecule has 0 spiro atoms. The van der Waals surface area contributed by atoms with Gasteiger partial charge in [-0.25, -0.2) is 8.42 Å². The molecule has 3 rings (SSSR count). The molecule has 4 nitrogen and oxygen atoms in total. The number of nitrogens with two attached hydrogens (primary N) is 1. The van der Waals surface area contributed by atoms with Crippen molar-refractivity contribution in [2.45, 2.75) is 30.2 Å². The summed E-state index contributed by atoms with van der Waals surface area (Å²) in [6, 6.07) is 4.99. The van der Waals surface area contributed by atoms with Crippen molar-refractivity contribution in [1.29, 1.82) is 0 Å². The molecule has 0 aromatic heterocycles. The van der Waals surface area contributed by atoms with Crippen LogP contribution in [-0.2, 0) is 10.0 Å². The Hall–Kier alpha value is -0.140. The maximum atomic E-state index is 12.8. The molecule has 1 aromatic rings. The average molecular weight is 394 g/mol. The summed E-state index contributed by atoms with van der Waals surface area (Å²) in [6.45, 7) is 1.08. The maximum absolute atomic E-state index is 12.8. The molecular weight excluding hydrogens is 376 g/mol. The third kappa shape index (κ3) is 2.88. The third-order valence-electron chi connectivity index (χ3n) is 4.63. The van der Waals surface area contributed by atoms with Gasteiger partial charge in [-0.3, -0.25) is 0 Å². The van der Waals surface area contributed by atoms with E-state index in [2.05, 4.69) is 15.9 Å². The van der Waals surface area contributed by atoms with E-state index >= 15 is 0 Å². The first-order chi connectivity index (χ1) is 9.89. The van der Waals surface area contributed by atoms with Crippen LogP contribution in [0.4, 0.5) is 0 Å². The monoisotopic (exact) mass is 392 g/mol. The predicted molar refractivity (Wildman–Crippen MR) is 86.7 cm³/mol. The van der Waals surface area contributed by atoms with Crippen LogP contribution in [0.15, 0.2) is 27.6 Å². The Balaban J connectivity index is 1.89. The molecule has 2 fully saturated rings. The summed E-state index contributed by atoms with van der Waals surface area (Å²) in [5.41, 5.74) is 6.16. The Morgan fingerprint density at radius 1 is 1.29 bits per heavy atom. The maximum Gasteiger partial charge on any atom is 0.244 e. The summed E-state index contributed by atoms with van der Waals surface area (Å²) >= 11 is 9.41. The second-order valence-electron chi connectivity index (χ2n) is 5.92. The quantitative estimate of drug-likeness (QED) is 0.840. The van der Waals surface area contributed by atoms with Gasteiger partial charge in [0.2, 0.25) is 10.0 Å². The van der Waals surface area contributed by atoms with E-state index in [4.69, 9.17) is 17.3 Å². The Bertz CT molecular complexity index is 652. The number of sulfonamides is 1. The van der Waals surface area contributed by atoms with Gasteiger partial charge in [-0.1, -0.05) is 34.0 Å². The van der Waals surface area contributed by atoms with Gasteiger partial charge >= 0.3 is 0 Å². The number of halogens is 2. The Labute approximate surface area is 138 Å². The summed E-state index contributed by atoms with van der Waals surface area (Å²) in [7, 11) is -3.54. The van der Waals surface area contributed by atoms with E-state index in [1.165, 1.54) is 0 Å². The van der Waals surface area contributed by atoms with E-state index in [1.54, 1.807) is 22.5 Å². The Morgan fingerprint density at radius 2 is 2.05 bits per heavy atom. The fourth-order valence-corrected chi connectivity index (χ4v) is 6.04. The fourth-order valence-electron chi connectivity index (χ4n) is 3.50. The minimum Gasteiger partial charge on any atom is -0.327 e. The average Bonchev–Trinajstić information content (AvgIpc) is 2.84. The molecule has 0 bridgehead atoms. The zero-order valence-electron chi connectivity index (χ0n) is 11.5. The number of hydrogen-bond donors (Lipinski definition) is 1. The van der Waals surface area contributed by atoms with E-state index in [1.807, 2.05) is 0 Å². The van der Waals surface area contributed by atoms with Gasteiger partial charge < -0.3 is 5.73 Å². The van der Waals surface area contributed by atoms with Crippen LogP contribution in [0.25, 0.3) is 0 Å². The third-order valence-corrected chi connectivity index (χ3v) is 7.44. The van der Waals surface area contributed by atoms with Crippen molar-refractivity contribution in [1.82, 2.24) is 4.31 Å². The lowest BCUT2D eigenvalue weighted by atomic mass is 9.78. The van der Waals surface area contributed by atoms with Crippen LogP contribution < -0.4 is 5.73 Å². The molecule has 21 heavy (non-hydrogen) atoms. The standard InChI is InChI=1S/C14H18BrClN2O2S/c15-10-4-5-14(12(16)6-10)21(19,20)18-7-9-2-1-3-13(17)11(9)8-18/h4-6,9,11,13H,1-3,7-8,17H2. The minimum atomic E-state index is -3.54. The van der Waals surface area contributed by atoms with Crippen LogP contribution in [0.5, 0.6) is 0 Å². The van der Waals surface area contributed by atoms with E-state index in [9.17, 15) is 8.42 Å². The summed E-state index contributed by atoms with van der Waals surface area (Å²) in [5.74, 6) is 0.667. The molecule has 1 heterocycles. The Kier molecular flexibility index (Phi) is 4.36. The molecule has 1 aliphatic heterocycles. The Morgan fingerprint density at radius 3 is 2.71 bits per heavy atom. The van der Waals surface area contributed by atoms with Gasteiger partial charge in [0.1, 0.15) is 4.90 Å². The molecule has 2 aliphatic rings. The highest BCUT2D eigenvalue weighted by Crippen LogP contribution is 2.39. The lowest BCUT2D eigenvalue weighted by Gasteiger charge is -2.29. The SMILES string of the molecule is NC1CCCC2CN(S(=O)(=O)c3ccc(Br)cc3Cl)CC12. The molecule has 2 N–H and O–H groups in total. The molecule has 0 amide bonds. The number of hydrogen-bond acceptors (Lipinski definition) is 3. The second-order valence-corrected chi connectivity index (χ2v) is 9.14. The summed E-state index contributed by atoms with van der Waals surface area (Å²) in [4.78, 5) is 0.180. The first kappa shape index (κ1) is 15.7. The summed E-state index contributed by atoms with van der Waals surface area (Å²) in [5, 5.41) is 0.253. The number of fused-ring (bicyclic) bond motifs is 1. The molecule has 1 aromatic carbocycles. The molecule has 1 aliphatic carbocycles. The lowest BCUT2D eigenvalue weighted by Crippen LogP contribution is -2.38. The zero-order chi connectivity index (χ0) is 15.2. The molecular formula is C14H18BrClN2O2S. The zero-order valence-corrected chi connectivity index (χ0v) is 14.7. The van der Waals surface area contributed by atoms with Crippen LogP contribution >= 0.6 is 27.5 Å². The molecule has 1 saturated heterocycles. The molecule has 3 atom stereocenters. The summed E-state index contributed by atoms with van der Waals surface area (Å²) < 4.78 is 27.9. The van der Waals surface area contributed by atoms with Gasteiger partial charge in [-0.15, -0.1) is 0 Å². The normalized spacial score (nSPS) is 30.3. The van der Waals surface area contributed by atoms with Gasteiger partial charge in [-0.05, 0) is 42.9 Å². The van der Waals surface area contributed by atoms with Crippen LogP contribution in [0.3, 0.4) is 0 Å². The van der Waals surface area contributed by atoms with E-state index in [0.717, 1.165) is 23.7 Å². The number of benzene rings is 1. The van der Waals surface area contributed by atoms with Crippen molar-refractivity contribution in [3.8, 4) is 0 Å². The van der Waals surface area contributed by atoms with Crippen LogP contribution in [0, 0.1) is 11.8 Å². The van der Waals surface area contributed by atoms with Crippen LogP contribution in [0.2, 0.25) is 5.02 Å². The minimum absolute atomic E-state index is 0.115. The largest absolute Gasteiger partial charge is 0.327 e.